The number of carbonyl (C=O) groups excluding carboxylic acids is 1. The van der Waals surface area contributed by atoms with Gasteiger partial charge in [-0.2, -0.15) is 0 Å². The number of methoxy groups -OCH3 is 1. The molecule has 2 N–H and O–H groups in total. The van der Waals surface area contributed by atoms with E-state index in [0.717, 1.165) is 37.7 Å². The highest BCUT2D eigenvalue weighted by Crippen LogP contribution is 2.25. The molecular formula is C18H28N4O3. The van der Waals surface area contributed by atoms with Crippen LogP contribution in [0.15, 0.2) is 23.2 Å². The van der Waals surface area contributed by atoms with Gasteiger partial charge in [0.2, 0.25) is 5.91 Å². The Bertz CT molecular complexity index is 612. The van der Waals surface area contributed by atoms with Gasteiger partial charge in [-0.15, -0.1) is 0 Å². The molecule has 0 bridgehead atoms. The van der Waals surface area contributed by atoms with Crippen molar-refractivity contribution in [3.05, 3.63) is 23.8 Å². The van der Waals surface area contributed by atoms with Gasteiger partial charge in [-0.1, -0.05) is 6.07 Å². The lowest BCUT2D eigenvalue weighted by Gasteiger charge is -2.24. The number of hydrogen-bond acceptors (Lipinski definition) is 4. The van der Waals surface area contributed by atoms with E-state index in [0.29, 0.717) is 23.9 Å². The minimum atomic E-state index is -0.127. The molecule has 138 valence electrons. The summed E-state index contributed by atoms with van der Waals surface area (Å²) in [5.74, 6) is 1.90. The first-order valence-electron chi connectivity index (χ1n) is 8.47. The summed E-state index contributed by atoms with van der Waals surface area (Å²) in [5.41, 5.74) is 1.70. The summed E-state index contributed by atoms with van der Waals surface area (Å²) >= 11 is 0. The molecule has 25 heavy (non-hydrogen) atoms. The fraction of sp³-hybridized carbons (Fsp3) is 0.556. The zero-order valence-corrected chi connectivity index (χ0v) is 15.5. The van der Waals surface area contributed by atoms with Crippen molar-refractivity contribution in [2.45, 2.75) is 19.9 Å². The third kappa shape index (κ3) is 5.63. The van der Waals surface area contributed by atoms with E-state index < -0.39 is 0 Å². The Kier molecular flexibility index (Phi) is 7.06. The van der Waals surface area contributed by atoms with E-state index in [-0.39, 0.29) is 5.91 Å². The number of ether oxygens (including phenoxy) is 2. The minimum absolute atomic E-state index is 0.127. The van der Waals surface area contributed by atoms with Gasteiger partial charge in [-0.25, -0.2) is 0 Å². The zero-order chi connectivity index (χ0) is 18.2. The van der Waals surface area contributed by atoms with Gasteiger partial charge in [0.1, 0.15) is 5.75 Å². The number of rotatable bonds is 6. The van der Waals surface area contributed by atoms with Gasteiger partial charge >= 0.3 is 0 Å². The second kappa shape index (κ2) is 9.27. The zero-order valence-electron chi connectivity index (χ0n) is 15.5. The normalized spacial score (nSPS) is 17.3. The Morgan fingerprint density at radius 1 is 1.48 bits per heavy atom. The van der Waals surface area contributed by atoms with E-state index in [9.17, 15) is 4.79 Å². The topological polar surface area (TPSA) is 75.2 Å². The molecule has 1 amide bonds. The van der Waals surface area contributed by atoms with Gasteiger partial charge in [0.05, 0.1) is 19.4 Å². The lowest BCUT2D eigenvalue weighted by molar-refractivity contribution is -0.114. The van der Waals surface area contributed by atoms with Crippen LogP contribution in [0.1, 0.15) is 18.9 Å². The van der Waals surface area contributed by atoms with Crippen LogP contribution in [0.25, 0.3) is 0 Å². The number of carbonyl (C=O) groups is 1. The maximum absolute atomic E-state index is 11.3. The highest BCUT2D eigenvalue weighted by Gasteiger charge is 2.19. The van der Waals surface area contributed by atoms with Crippen LogP contribution < -0.4 is 15.4 Å². The summed E-state index contributed by atoms with van der Waals surface area (Å²) in [6.45, 7) is 4.67. The van der Waals surface area contributed by atoms with Gasteiger partial charge in [0, 0.05) is 46.6 Å². The summed E-state index contributed by atoms with van der Waals surface area (Å²) in [6.07, 6.45) is 1.10. The summed E-state index contributed by atoms with van der Waals surface area (Å²) in [7, 11) is 5.40. The van der Waals surface area contributed by atoms with Crippen molar-refractivity contribution in [1.29, 1.82) is 0 Å². The third-order valence-electron chi connectivity index (χ3n) is 4.15. The molecule has 1 aliphatic rings. The smallest absolute Gasteiger partial charge is 0.221 e. The van der Waals surface area contributed by atoms with Crippen LogP contribution in [0.4, 0.5) is 5.69 Å². The molecule has 0 aliphatic carbocycles. The van der Waals surface area contributed by atoms with Crippen molar-refractivity contribution in [3.63, 3.8) is 0 Å². The predicted molar refractivity (Wildman–Crippen MR) is 99.1 cm³/mol. The van der Waals surface area contributed by atoms with E-state index >= 15 is 0 Å². The molecule has 7 nitrogen and oxygen atoms in total. The first-order valence-corrected chi connectivity index (χ1v) is 8.47. The molecule has 7 heteroatoms. The molecule has 2 rings (SSSR count). The van der Waals surface area contributed by atoms with E-state index in [2.05, 4.69) is 20.5 Å². The molecular weight excluding hydrogens is 320 g/mol. The Morgan fingerprint density at radius 3 is 2.88 bits per heavy atom. The molecule has 1 saturated heterocycles. The first-order chi connectivity index (χ1) is 12.0. The number of guanidine groups is 1. The lowest BCUT2D eigenvalue weighted by atomic mass is 10.1. The third-order valence-corrected chi connectivity index (χ3v) is 4.15. The van der Waals surface area contributed by atoms with Crippen LogP contribution in [-0.2, 0) is 16.1 Å². The van der Waals surface area contributed by atoms with Crippen molar-refractivity contribution in [3.8, 4) is 5.75 Å². The summed E-state index contributed by atoms with van der Waals surface area (Å²) in [5, 5.41) is 6.15. The molecule has 1 aromatic rings. The van der Waals surface area contributed by atoms with Gasteiger partial charge in [-0.05, 0) is 24.1 Å². The van der Waals surface area contributed by atoms with E-state index in [4.69, 9.17) is 9.47 Å². The van der Waals surface area contributed by atoms with Gasteiger partial charge in [-0.3, -0.25) is 9.79 Å². The largest absolute Gasteiger partial charge is 0.495 e. The predicted octanol–water partition coefficient (Wildman–Crippen LogP) is 1.70. The van der Waals surface area contributed by atoms with E-state index in [1.54, 1.807) is 14.2 Å². The summed E-state index contributed by atoms with van der Waals surface area (Å²) in [6, 6.07) is 5.73. The molecule has 1 aliphatic heterocycles. The molecule has 1 heterocycles. The Balaban J connectivity index is 1.97. The van der Waals surface area contributed by atoms with Gasteiger partial charge in [0.25, 0.3) is 0 Å². The fourth-order valence-corrected chi connectivity index (χ4v) is 2.92. The van der Waals surface area contributed by atoms with Crippen molar-refractivity contribution in [2.24, 2.45) is 10.9 Å². The number of benzene rings is 1. The van der Waals surface area contributed by atoms with Crippen molar-refractivity contribution in [1.82, 2.24) is 10.2 Å². The molecule has 1 unspecified atom stereocenters. The van der Waals surface area contributed by atoms with E-state index in [1.807, 2.05) is 25.2 Å². The van der Waals surface area contributed by atoms with E-state index in [1.165, 1.54) is 6.92 Å². The maximum atomic E-state index is 11.3. The van der Waals surface area contributed by atoms with Crippen molar-refractivity contribution >= 4 is 17.6 Å². The number of aliphatic imine (C=N–C) groups is 1. The maximum Gasteiger partial charge on any atom is 0.221 e. The summed E-state index contributed by atoms with van der Waals surface area (Å²) < 4.78 is 10.7. The minimum Gasteiger partial charge on any atom is -0.495 e. The highest BCUT2D eigenvalue weighted by molar-refractivity contribution is 5.90. The summed E-state index contributed by atoms with van der Waals surface area (Å²) in [4.78, 5) is 17.8. The average molecular weight is 348 g/mol. The lowest BCUT2D eigenvalue weighted by Crippen LogP contribution is -2.41. The molecule has 0 spiro atoms. The number of anilines is 1. The van der Waals surface area contributed by atoms with Crippen molar-refractivity contribution in [2.75, 3.05) is 46.3 Å². The number of hydrogen-bond donors (Lipinski definition) is 2. The number of amides is 1. The second-order valence-corrected chi connectivity index (χ2v) is 6.23. The van der Waals surface area contributed by atoms with Crippen LogP contribution in [0.2, 0.25) is 0 Å². The van der Waals surface area contributed by atoms with Crippen LogP contribution in [-0.4, -0.2) is 57.7 Å². The average Bonchev–Trinajstić information content (AvgIpc) is 3.08. The van der Waals surface area contributed by atoms with Gasteiger partial charge < -0.3 is 25.0 Å². The standard InChI is InChI=1S/C18H28N4O3/c1-13(23)21-16-9-14(5-6-17(16)24-4)10-20-18(19-2)22(3)11-15-7-8-25-12-15/h5-6,9,15H,7-8,10-12H2,1-4H3,(H,19,20)(H,21,23). The quantitative estimate of drug-likeness (QED) is 0.604. The number of nitrogens with zero attached hydrogens (tertiary/aromatic N) is 2. The number of nitrogens with one attached hydrogen (secondary N) is 2. The van der Waals surface area contributed by atoms with Crippen LogP contribution in [0, 0.1) is 5.92 Å². The molecule has 0 radical (unpaired) electrons. The fourth-order valence-electron chi connectivity index (χ4n) is 2.92. The monoisotopic (exact) mass is 348 g/mol. The van der Waals surface area contributed by atoms with Crippen LogP contribution in [0.5, 0.6) is 5.75 Å². The van der Waals surface area contributed by atoms with Crippen LogP contribution >= 0.6 is 0 Å². The molecule has 0 saturated carbocycles. The Morgan fingerprint density at radius 2 is 2.28 bits per heavy atom. The first kappa shape index (κ1) is 19.1. The highest BCUT2D eigenvalue weighted by atomic mass is 16.5. The van der Waals surface area contributed by atoms with Crippen molar-refractivity contribution < 1.29 is 14.3 Å². The Hall–Kier alpha value is -2.28. The SMILES string of the molecule is CN=C(NCc1ccc(OC)c(NC(C)=O)c1)N(C)CC1CCOC1. The van der Waals surface area contributed by atoms with Crippen LogP contribution in [0.3, 0.4) is 0 Å². The second-order valence-electron chi connectivity index (χ2n) is 6.23. The molecule has 1 fully saturated rings. The van der Waals surface area contributed by atoms with Gasteiger partial charge in [0.15, 0.2) is 5.96 Å². The molecule has 0 aromatic heterocycles. The Labute approximate surface area is 149 Å². The molecule has 1 aromatic carbocycles. The molecule has 1 atom stereocenters.